The largest absolute Gasteiger partial charge is 0.453 e. The van der Waals surface area contributed by atoms with E-state index >= 15 is 8.78 Å². The molecule has 292 valence electrons. The zero-order valence-electron chi connectivity index (χ0n) is 31.6. The van der Waals surface area contributed by atoms with Crippen LogP contribution in [0.15, 0.2) is 121 Å². The Morgan fingerprint density at radius 1 is 0.690 bits per heavy atom. The summed E-state index contributed by atoms with van der Waals surface area (Å²) in [6.07, 6.45) is 7.25. The Kier molecular flexibility index (Phi) is 11.0. The van der Waals surface area contributed by atoms with Crippen LogP contribution in [0.2, 0.25) is 0 Å². The molecule has 1 atom stereocenters. The van der Waals surface area contributed by atoms with Crippen LogP contribution in [-0.4, -0.2) is 27.8 Å². The van der Waals surface area contributed by atoms with E-state index in [1.807, 2.05) is 31.2 Å². The fourth-order valence-corrected chi connectivity index (χ4v) is 7.40. The van der Waals surface area contributed by atoms with Gasteiger partial charge in [-0.1, -0.05) is 49.6 Å². The van der Waals surface area contributed by atoms with Gasteiger partial charge in [-0.2, -0.15) is 0 Å². The van der Waals surface area contributed by atoms with Gasteiger partial charge in [0, 0.05) is 52.3 Å². The SMILES string of the molecule is C[C@@H](NC(=O)c1ccc(F)c(Oc2ccnc3ccc(-c4cc(Oc5cc(C(=O)NCc6cccc(F)c6)ccc5F)c5ccccc5n4)cc23)c1)C1CCCCC1. The normalized spacial score (nSPS) is 13.6. The van der Waals surface area contributed by atoms with E-state index in [-0.39, 0.29) is 46.9 Å². The Morgan fingerprint density at radius 3 is 2.17 bits per heavy atom. The number of para-hydroxylation sites is 1. The number of rotatable bonds is 11. The van der Waals surface area contributed by atoms with E-state index in [0.29, 0.717) is 50.3 Å². The fraction of sp³-hybridized carbons (Fsp3) is 0.191. The molecule has 7 aromatic rings. The van der Waals surface area contributed by atoms with Gasteiger partial charge in [0.15, 0.2) is 23.1 Å². The van der Waals surface area contributed by atoms with Gasteiger partial charge in [0.1, 0.15) is 17.3 Å². The lowest BCUT2D eigenvalue weighted by atomic mass is 9.84. The van der Waals surface area contributed by atoms with Gasteiger partial charge in [-0.05, 0) is 110 Å². The number of ether oxygens (including phenoxy) is 2. The maximum atomic E-state index is 15.3. The number of aromatic nitrogens is 2. The first kappa shape index (κ1) is 38.1. The van der Waals surface area contributed by atoms with Crippen LogP contribution in [0.1, 0.15) is 65.3 Å². The van der Waals surface area contributed by atoms with Crippen molar-refractivity contribution in [3.63, 3.8) is 0 Å². The van der Waals surface area contributed by atoms with Crippen LogP contribution < -0.4 is 20.1 Å². The molecule has 0 bridgehead atoms. The number of hydrogen-bond donors (Lipinski definition) is 2. The van der Waals surface area contributed by atoms with Crippen molar-refractivity contribution >= 4 is 33.6 Å². The molecule has 8 rings (SSSR count). The van der Waals surface area contributed by atoms with Crippen molar-refractivity contribution in [1.29, 1.82) is 0 Å². The lowest BCUT2D eigenvalue weighted by molar-refractivity contribution is 0.0917. The van der Waals surface area contributed by atoms with Crippen LogP contribution in [0, 0.1) is 23.4 Å². The molecule has 2 aromatic heterocycles. The molecule has 0 spiro atoms. The molecule has 2 heterocycles. The summed E-state index contributed by atoms with van der Waals surface area (Å²) in [5.41, 5.74) is 3.27. The number of fused-ring (bicyclic) bond motifs is 2. The molecule has 2 N–H and O–H groups in total. The highest BCUT2D eigenvalue weighted by Gasteiger charge is 2.23. The number of nitrogens with one attached hydrogen (secondary N) is 2. The van der Waals surface area contributed by atoms with Crippen LogP contribution in [0.25, 0.3) is 33.1 Å². The first-order valence-electron chi connectivity index (χ1n) is 19.3. The number of pyridine rings is 2. The van der Waals surface area contributed by atoms with Crippen molar-refractivity contribution in [2.75, 3.05) is 0 Å². The van der Waals surface area contributed by atoms with Crippen LogP contribution in [0.5, 0.6) is 23.0 Å². The molecule has 0 saturated heterocycles. The third-order valence-corrected chi connectivity index (χ3v) is 10.6. The van der Waals surface area contributed by atoms with Gasteiger partial charge < -0.3 is 20.1 Å². The lowest BCUT2D eigenvalue weighted by Crippen LogP contribution is -2.38. The van der Waals surface area contributed by atoms with Gasteiger partial charge in [-0.15, -0.1) is 0 Å². The zero-order chi connectivity index (χ0) is 40.2. The smallest absolute Gasteiger partial charge is 0.251 e. The van der Waals surface area contributed by atoms with E-state index < -0.39 is 23.4 Å². The second-order valence-electron chi connectivity index (χ2n) is 14.5. The van der Waals surface area contributed by atoms with Gasteiger partial charge in [-0.3, -0.25) is 14.6 Å². The Hall–Kier alpha value is -6.75. The molecule has 58 heavy (non-hydrogen) atoms. The molecular weight excluding hydrogens is 742 g/mol. The van der Waals surface area contributed by atoms with Gasteiger partial charge >= 0.3 is 0 Å². The second kappa shape index (κ2) is 16.8. The molecule has 1 aliphatic carbocycles. The minimum absolute atomic E-state index is 0.00521. The molecule has 2 amide bonds. The summed E-state index contributed by atoms with van der Waals surface area (Å²) in [6.45, 7) is 2.10. The Labute approximate surface area is 333 Å². The Balaban J connectivity index is 1.07. The number of amides is 2. The molecule has 0 unspecified atom stereocenters. The molecule has 5 aromatic carbocycles. The molecule has 11 heteroatoms. The molecule has 1 saturated carbocycles. The fourth-order valence-electron chi connectivity index (χ4n) is 7.40. The summed E-state index contributed by atoms with van der Waals surface area (Å²) >= 11 is 0. The van der Waals surface area contributed by atoms with Crippen molar-refractivity contribution in [2.24, 2.45) is 5.92 Å². The van der Waals surface area contributed by atoms with Crippen molar-refractivity contribution in [3.05, 3.63) is 156 Å². The third-order valence-electron chi connectivity index (χ3n) is 10.6. The van der Waals surface area contributed by atoms with Crippen LogP contribution in [0.3, 0.4) is 0 Å². The first-order valence-corrected chi connectivity index (χ1v) is 19.3. The number of benzene rings is 5. The van der Waals surface area contributed by atoms with E-state index in [1.54, 1.807) is 48.7 Å². The van der Waals surface area contributed by atoms with Crippen LogP contribution >= 0.6 is 0 Å². The van der Waals surface area contributed by atoms with Crippen molar-refractivity contribution in [3.8, 4) is 34.3 Å². The highest BCUT2D eigenvalue weighted by molar-refractivity contribution is 5.96. The van der Waals surface area contributed by atoms with Crippen molar-refractivity contribution in [2.45, 2.75) is 51.6 Å². The summed E-state index contributed by atoms with van der Waals surface area (Å²) in [4.78, 5) is 35.6. The van der Waals surface area contributed by atoms with Crippen molar-refractivity contribution < 1.29 is 32.2 Å². The summed E-state index contributed by atoms with van der Waals surface area (Å²) in [6, 6.07) is 29.7. The maximum Gasteiger partial charge on any atom is 0.251 e. The van der Waals surface area contributed by atoms with Gasteiger partial charge in [0.05, 0.1) is 16.7 Å². The lowest BCUT2D eigenvalue weighted by Gasteiger charge is -2.28. The number of carbonyl (C=O) groups is 2. The number of nitrogens with zero attached hydrogens (tertiary/aromatic N) is 2. The topological polar surface area (TPSA) is 102 Å². The summed E-state index contributed by atoms with van der Waals surface area (Å²) < 4.78 is 56.5. The predicted octanol–water partition coefficient (Wildman–Crippen LogP) is 11.1. The summed E-state index contributed by atoms with van der Waals surface area (Å²) in [5, 5.41) is 6.98. The maximum absolute atomic E-state index is 15.3. The average molecular weight is 781 g/mol. The van der Waals surface area contributed by atoms with Crippen LogP contribution in [-0.2, 0) is 6.54 Å². The first-order chi connectivity index (χ1) is 28.2. The zero-order valence-corrected chi connectivity index (χ0v) is 31.6. The van der Waals surface area contributed by atoms with Crippen molar-refractivity contribution in [1.82, 2.24) is 20.6 Å². The minimum Gasteiger partial charge on any atom is -0.453 e. The van der Waals surface area contributed by atoms with E-state index in [4.69, 9.17) is 14.5 Å². The number of halogens is 3. The van der Waals surface area contributed by atoms with E-state index in [9.17, 15) is 14.0 Å². The molecule has 1 fully saturated rings. The van der Waals surface area contributed by atoms with Gasteiger partial charge in [0.2, 0.25) is 0 Å². The molecule has 0 radical (unpaired) electrons. The van der Waals surface area contributed by atoms with Gasteiger partial charge in [0.25, 0.3) is 11.8 Å². The highest BCUT2D eigenvalue weighted by Crippen LogP contribution is 2.38. The summed E-state index contributed by atoms with van der Waals surface area (Å²) in [7, 11) is 0. The van der Waals surface area contributed by atoms with Crippen LogP contribution in [0.4, 0.5) is 13.2 Å². The standard InChI is InChI=1S/C47H39F3N4O4/c1-28(30-9-3-2-4-10-30)53-47(56)33-15-18-37(49)44(25-33)57-42-20-21-51-39-19-16-31(23-36(39)42)41-26-43(35-12-5-6-13-40(35)54-41)58-45-24-32(14-17-38(45)50)46(55)52-27-29-8-7-11-34(48)22-29/h5-8,11-26,28,30H,2-4,9-10,27H2,1H3,(H,52,55)(H,53,56)/t28-/m1/s1. The monoisotopic (exact) mass is 780 g/mol. The molecular formula is C47H39F3N4O4. The third kappa shape index (κ3) is 8.48. The second-order valence-corrected chi connectivity index (χ2v) is 14.5. The number of hydrogen-bond acceptors (Lipinski definition) is 6. The quantitative estimate of drug-likeness (QED) is 0.136. The van der Waals surface area contributed by atoms with Gasteiger partial charge in [-0.25, -0.2) is 18.2 Å². The van der Waals surface area contributed by atoms with E-state index in [2.05, 4.69) is 15.6 Å². The van der Waals surface area contributed by atoms with E-state index in [1.165, 1.54) is 48.9 Å². The average Bonchev–Trinajstić information content (AvgIpc) is 3.24. The van der Waals surface area contributed by atoms with E-state index in [0.717, 1.165) is 31.7 Å². The Bertz CT molecular complexity index is 2660. The molecule has 8 nitrogen and oxygen atoms in total. The minimum atomic E-state index is -0.685. The number of carbonyl (C=O) groups excluding carboxylic acids is 2. The molecule has 0 aliphatic heterocycles. The highest BCUT2D eigenvalue weighted by atomic mass is 19.1. The molecule has 1 aliphatic rings. The Morgan fingerprint density at radius 2 is 1.41 bits per heavy atom. The predicted molar refractivity (Wildman–Crippen MR) is 217 cm³/mol. The summed E-state index contributed by atoms with van der Waals surface area (Å²) in [5.74, 6) is -1.79.